The molecule has 0 aliphatic heterocycles. The Balaban J connectivity index is 0.00000151. The van der Waals surface area contributed by atoms with Gasteiger partial charge in [-0.1, -0.05) is 0 Å². The Hall–Kier alpha value is -2.79. The molecule has 0 aromatic carbocycles. The maximum Gasteiger partial charge on any atom is 0.290 e. The molecule has 1 fully saturated rings. The fraction of sp³-hybridized carbons (Fsp3) is 0.650. The lowest BCUT2D eigenvalue weighted by molar-refractivity contribution is -0.128. The van der Waals surface area contributed by atoms with Crippen LogP contribution >= 0.6 is 0 Å². The van der Waals surface area contributed by atoms with Gasteiger partial charge in [0, 0.05) is 31.4 Å². The molecule has 1 heterocycles. The summed E-state index contributed by atoms with van der Waals surface area (Å²) in [5.74, 6) is -0.414. The van der Waals surface area contributed by atoms with Gasteiger partial charge < -0.3 is 25.7 Å². The second-order valence-electron chi connectivity index (χ2n) is 7.72. The van der Waals surface area contributed by atoms with Gasteiger partial charge in [-0.3, -0.25) is 19.2 Å². The normalized spacial score (nSPS) is 20.3. The third-order valence-corrected chi connectivity index (χ3v) is 4.96. The number of aliphatic hydroxyl groups excluding tert-OH is 1. The summed E-state index contributed by atoms with van der Waals surface area (Å²) in [5.41, 5.74) is 0.347. The third kappa shape index (κ3) is 10.7. The van der Waals surface area contributed by atoms with E-state index in [0.717, 1.165) is 13.0 Å². The standard InChI is InChI=1S/C19H31N5O4.CH2O2/c1-24(2)11-3-10-20-19(28)13-4-7-15(16(25)12-13)21-17(26)8-5-14-6-9-18(27)23-22-14;2-1-3/h6,9,13,15-16,25H,3-5,7-8,10-12H2,1-2H3,(H,20,28)(H,21,26)(H,23,27);1H,(H,2,3)/t13-,15-,16-;/m0./s1. The van der Waals surface area contributed by atoms with Crippen molar-refractivity contribution in [2.24, 2.45) is 5.92 Å². The van der Waals surface area contributed by atoms with Crippen molar-refractivity contribution in [3.63, 3.8) is 0 Å². The maximum atomic E-state index is 12.2. The van der Waals surface area contributed by atoms with E-state index in [9.17, 15) is 19.5 Å². The highest BCUT2D eigenvalue weighted by molar-refractivity contribution is 5.79. The first-order valence-electron chi connectivity index (χ1n) is 10.3. The van der Waals surface area contributed by atoms with E-state index < -0.39 is 6.10 Å². The van der Waals surface area contributed by atoms with Gasteiger partial charge in [-0.25, -0.2) is 5.10 Å². The number of carboxylic acid groups (broad SMARTS) is 1. The van der Waals surface area contributed by atoms with Crippen LogP contribution in [0.5, 0.6) is 0 Å². The molecule has 1 aromatic rings. The Bertz CT molecular complexity index is 733. The highest BCUT2D eigenvalue weighted by atomic mass is 16.3. The number of rotatable bonds is 9. The van der Waals surface area contributed by atoms with Gasteiger partial charge in [0.2, 0.25) is 11.8 Å². The topological polar surface area (TPSA) is 165 Å². The molecule has 0 unspecified atom stereocenters. The van der Waals surface area contributed by atoms with Gasteiger partial charge in [0.15, 0.2) is 0 Å². The highest BCUT2D eigenvalue weighted by Gasteiger charge is 2.33. The largest absolute Gasteiger partial charge is 0.483 e. The number of nitrogens with zero attached hydrogens (tertiary/aromatic N) is 2. The number of H-pyrrole nitrogens is 1. The van der Waals surface area contributed by atoms with Crippen LogP contribution in [0, 0.1) is 5.92 Å². The van der Waals surface area contributed by atoms with E-state index in [2.05, 4.69) is 25.7 Å². The van der Waals surface area contributed by atoms with Gasteiger partial charge in [-0.2, -0.15) is 5.10 Å². The lowest BCUT2D eigenvalue weighted by atomic mass is 9.83. The lowest BCUT2D eigenvalue weighted by Crippen LogP contribution is -2.49. The van der Waals surface area contributed by atoms with E-state index >= 15 is 0 Å². The Labute approximate surface area is 181 Å². The Morgan fingerprint density at radius 2 is 2.03 bits per heavy atom. The third-order valence-electron chi connectivity index (χ3n) is 4.96. The zero-order chi connectivity index (χ0) is 23.2. The van der Waals surface area contributed by atoms with Crippen molar-refractivity contribution in [3.05, 3.63) is 28.2 Å². The number of aryl methyl sites for hydroxylation is 1. The molecule has 0 radical (unpaired) electrons. The molecule has 11 nitrogen and oxygen atoms in total. The van der Waals surface area contributed by atoms with Crippen LogP contribution in [-0.4, -0.2) is 82.9 Å². The molecule has 174 valence electrons. The zero-order valence-electron chi connectivity index (χ0n) is 18.0. The van der Waals surface area contributed by atoms with Crippen molar-refractivity contribution >= 4 is 18.3 Å². The molecule has 3 atom stereocenters. The molecule has 1 aromatic heterocycles. The fourth-order valence-electron chi connectivity index (χ4n) is 3.34. The van der Waals surface area contributed by atoms with Crippen LogP contribution in [0.15, 0.2) is 16.9 Å². The number of hydrogen-bond acceptors (Lipinski definition) is 7. The van der Waals surface area contributed by atoms with Crippen LogP contribution in [0.2, 0.25) is 0 Å². The van der Waals surface area contributed by atoms with Gasteiger partial charge in [-0.05, 0) is 52.4 Å². The first-order valence-corrected chi connectivity index (χ1v) is 10.3. The average molecular weight is 440 g/mol. The summed E-state index contributed by atoms with van der Waals surface area (Å²) in [5, 5.41) is 29.2. The molecule has 11 heteroatoms. The molecule has 2 amide bonds. The van der Waals surface area contributed by atoms with Crippen LogP contribution in [0.25, 0.3) is 0 Å². The summed E-state index contributed by atoms with van der Waals surface area (Å²) >= 11 is 0. The number of aliphatic hydroxyl groups is 1. The molecule has 1 aliphatic carbocycles. The van der Waals surface area contributed by atoms with Crippen LogP contribution in [0.4, 0.5) is 0 Å². The molecule has 5 N–H and O–H groups in total. The summed E-state index contributed by atoms with van der Waals surface area (Å²) < 4.78 is 0. The lowest BCUT2D eigenvalue weighted by Gasteiger charge is -2.33. The SMILES string of the molecule is CN(C)CCCNC(=O)[C@H]1CC[C@H](NC(=O)CCc2ccc(=O)[nH]n2)[C@@H](O)C1.O=CO. The van der Waals surface area contributed by atoms with Gasteiger partial charge in [0.05, 0.1) is 17.8 Å². The summed E-state index contributed by atoms with van der Waals surface area (Å²) in [6.07, 6.45) is 2.34. The maximum absolute atomic E-state index is 12.2. The number of hydrogen-bond donors (Lipinski definition) is 5. The summed E-state index contributed by atoms with van der Waals surface area (Å²) in [4.78, 5) is 45.8. The zero-order valence-corrected chi connectivity index (χ0v) is 18.0. The molecule has 1 aliphatic rings. The van der Waals surface area contributed by atoms with Gasteiger partial charge in [-0.15, -0.1) is 0 Å². The predicted octanol–water partition coefficient (Wildman–Crippen LogP) is -0.883. The van der Waals surface area contributed by atoms with Gasteiger partial charge in [0.25, 0.3) is 12.0 Å². The van der Waals surface area contributed by atoms with E-state index in [4.69, 9.17) is 9.90 Å². The van der Waals surface area contributed by atoms with E-state index in [0.29, 0.717) is 37.9 Å². The average Bonchev–Trinajstić information content (AvgIpc) is 2.72. The number of aromatic amines is 1. The minimum Gasteiger partial charge on any atom is -0.483 e. The smallest absolute Gasteiger partial charge is 0.290 e. The molecule has 0 saturated heterocycles. The summed E-state index contributed by atoms with van der Waals surface area (Å²) in [6.45, 7) is 1.29. The molecule has 0 spiro atoms. The molecular weight excluding hydrogens is 406 g/mol. The first kappa shape index (κ1) is 26.2. The van der Waals surface area contributed by atoms with Crippen LogP contribution < -0.4 is 16.2 Å². The minimum atomic E-state index is -0.735. The Morgan fingerprint density at radius 3 is 2.61 bits per heavy atom. The quantitative estimate of drug-likeness (QED) is 0.244. The number of aromatic nitrogens is 2. The van der Waals surface area contributed by atoms with Crippen molar-refractivity contribution in [2.75, 3.05) is 27.2 Å². The Morgan fingerprint density at radius 1 is 1.32 bits per heavy atom. The van der Waals surface area contributed by atoms with Crippen molar-refractivity contribution in [1.29, 1.82) is 0 Å². The fourth-order valence-corrected chi connectivity index (χ4v) is 3.34. The molecule has 1 saturated carbocycles. The molecule has 31 heavy (non-hydrogen) atoms. The highest BCUT2D eigenvalue weighted by Crippen LogP contribution is 2.25. The minimum absolute atomic E-state index is 0.0215. The van der Waals surface area contributed by atoms with Crippen molar-refractivity contribution in [3.8, 4) is 0 Å². The van der Waals surface area contributed by atoms with Crippen molar-refractivity contribution < 1.29 is 24.6 Å². The number of amides is 2. The first-order chi connectivity index (χ1) is 14.8. The van der Waals surface area contributed by atoms with Crippen LogP contribution in [-0.2, 0) is 20.8 Å². The molecule has 0 bridgehead atoms. The molecular formula is C20H33N5O6. The summed E-state index contributed by atoms with van der Waals surface area (Å²) in [6, 6.07) is 2.62. The van der Waals surface area contributed by atoms with Crippen LogP contribution in [0.3, 0.4) is 0 Å². The summed E-state index contributed by atoms with van der Waals surface area (Å²) in [7, 11) is 3.98. The van der Waals surface area contributed by atoms with Gasteiger partial charge in [0.1, 0.15) is 0 Å². The number of nitrogens with one attached hydrogen (secondary N) is 3. The molecule has 2 rings (SSSR count). The van der Waals surface area contributed by atoms with Crippen molar-refractivity contribution in [2.45, 2.75) is 50.7 Å². The van der Waals surface area contributed by atoms with Gasteiger partial charge >= 0.3 is 0 Å². The second-order valence-corrected chi connectivity index (χ2v) is 7.72. The number of carbonyl (C=O) groups excluding carboxylic acids is 2. The Kier molecular flexibility index (Phi) is 12.1. The monoisotopic (exact) mass is 439 g/mol. The second kappa shape index (κ2) is 14.3. The van der Waals surface area contributed by atoms with Crippen molar-refractivity contribution in [1.82, 2.24) is 25.7 Å². The van der Waals surface area contributed by atoms with E-state index in [1.165, 1.54) is 6.07 Å². The van der Waals surface area contributed by atoms with E-state index in [-0.39, 0.29) is 42.2 Å². The van der Waals surface area contributed by atoms with E-state index in [1.807, 2.05) is 14.1 Å². The van der Waals surface area contributed by atoms with E-state index in [1.54, 1.807) is 6.07 Å². The van der Waals surface area contributed by atoms with Crippen LogP contribution in [0.1, 0.15) is 37.8 Å². The predicted molar refractivity (Wildman–Crippen MR) is 113 cm³/mol. The number of carbonyl (C=O) groups is 3.